The number of pyridine rings is 1. The summed E-state index contributed by atoms with van der Waals surface area (Å²) in [6.45, 7) is 2.97. The van der Waals surface area contributed by atoms with Crippen LogP contribution in [0, 0.1) is 18.7 Å². The number of halogens is 1. The topological polar surface area (TPSA) is 59.4 Å². The normalized spacial score (nSPS) is 20.4. The van der Waals surface area contributed by atoms with Crippen LogP contribution in [0.25, 0.3) is 33.4 Å². The average Bonchev–Trinajstić information content (AvgIpc) is 2.98. The molecule has 6 rings (SSSR count). The van der Waals surface area contributed by atoms with Gasteiger partial charge in [-0.25, -0.2) is 9.37 Å². The highest BCUT2D eigenvalue weighted by atomic mass is 19.1. The Kier molecular flexibility index (Phi) is 2.61. The van der Waals surface area contributed by atoms with Gasteiger partial charge in [0.05, 0.1) is 11.9 Å². The zero-order valence-electron chi connectivity index (χ0n) is 14.2. The second-order valence-electron chi connectivity index (χ2n) is 7.34. The molecule has 128 valence electrons. The molecule has 2 aliphatic rings. The molecular weight excluding hydrogens is 329 g/mol. The lowest BCUT2D eigenvalue weighted by atomic mass is 9.95. The fourth-order valence-electron chi connectivity index (χ4n) is 4.34. The van der Waals surface area contributed by atoms with Gasteiger partial charge in [-0.2, -0.15) is 10.2 Å². The molecule has 1 aliphatic heterocycles. The van der Waals surface area contributed by atoms with Gasteiger partial charge in [-0.1, -0.05) is 0 Å². The van der Waals surface area contributed by atoms with Gasteiger partial charge in [0.1, 0.15) is 11.5 Å². The van der Waals surface area contributed by atoms with Crippen molar-refractivity contribution in [3.8, 4) is 22.4 Å². The highest BCUT2D eigenvalue weighted by molar-refractivity contribution is 5.98. The summed E-state index contributed by atoms with van der Waals surface area (Å²) in [5.74, 6) is 1.07. The Morgan fingerprint density at radius 3 is 2.92 bits per heavy atom. The van der Waals surface area contributed by atoms with Crippen molar-refractivity contribution in [2.75, 3.05) is 0 Å². The Bertz CT molecular complexity index is 1170. The SMILES string of the molecule is Cc1cc(-c2c(-c3ccc(F)cc3)nn3c2[C@H]2C[C@H]2C3)c2cn[nH]c2n1. The Balaban J connectivity index is 1.68. The molecule has 1 saturated carbocycles. The standard InChI is InChI=1S/C20H16FN5/c1-10-6-15(16-8-22-24-20(16)23-10)17-18(11-2-4-13(21)5-3-11)25-26-9-12-7-14(12)19(17)26/h2-6,8,12,14H,7,9H2,1H3,(H,22,23,24)/t12-,14-/m0/s1. The minimum absolute atomic E-state index is 0.235. The third-order valence-corrected chi connectivity index (χ3v) is 5.61. The quantitative estimate of drug-likeness (QED) is 0.596. The molecule has 3 aromatic heterocycles. The molecule has 5 nitrogen and oxygen atoms in total. The van der Waals surface area contributed by atoms with E-state index in [4.69, 9.17) is 5.10 Å². The molecule has 4 heterocycles. The third kappa shape index (κ3) is 1.87. The van der Waals surface area contributed by atoms with E-state index in [1.54, 1.807) is 0 Å². The summed E-state index contributed by atoms with van der Waals surface area (Å²) in [7, 11) is 0. The van der Waals surface area contributed by atoms with Gasteiger partial charge in [-0.15, -0.1) is 0 Å². The predicted octanol–water partition coefficient (Wildman–Crippen LogP) is 4.05. The van der Waals surface area contributed by atoms with Crippen LogP contribution >= 0.6 is 0 Å². The molecule has 1 aromatic carbocycles. The number of hydrogen-bond donors (Lipinski definition) is 1. The van der Waals surface area contributed by atoms with E-state index in [-0.39, 0.29) is 5.82 Å². The van der Waals surface area contributed by atoms with Crippen LogP contribution in [0.3, 0.4) is 0 Å². The molecule has 0 unspecified atom stereocenters. The zero-order valence-corrected chi connectivity index (χ0v) is 14.2. The monoisotopic (exact) mass is 345 g/mol. The van der Waals surface area contributed by atoms with Crippen LogP contribution in [0.4, 0.5) is 4.39 Å². The van der Waals surface area contributed by atoms with Crippen molar-refractivity contribution in [2.24, 2.45) is 5.92 Å². The van der Waals surface area contributed by atoms with Gasteiger partial charge >= 0.3 is 0 Å². The van der Waals surface area contributed by atoms with Crippen molar-refractivity contribution in [2.45, 2.75) is 25.8 Å². The maximum absolute atomic E-state index is 13.4. The van der Waals surface area contributed by atoms with Gasteiger partial charge in [0, 0.05) is 40.2 Å². The van der Waals surface area contributed by atoms with Gasteiger partial charge in [0.25, 0.3) is 0 Å². The van der Waals surface area contributed by atoms with E-state index in [0.29, 0.717) is 5.92 Å². The molecule has 6 heteroatoms. The number of aromatic nitrogens is 5. The van der Waals surface area contributed by atoms with Crippen LogP contribution in [-0.2, 0) is 6.54 Å². The molecular formula is C20H16FN5. The first-order chi connectivity index (χ1) is 12.7. The minimum Gasteiger partial charge on any atom is -0.268 e. The van der Waals surface area contributed by atoms with Crippen LogP contribution in [0.15, 0.2) is 36.5 Å². The maximum atomic E-state index is 13.4. The minimum atomic E-state index is -0.235. The second-order valence-corrected chi connectivity index (χ2v) is 7.34. The molecule has 0 bridgehead atoms. The fourth-order valence-corrected chi connectivity index (χ4v) is 4.34. The van der Waals surface area contributed by atoms with Gasteiger partial charge < -0.3 is 0 Å². The van der Waals surface area contributed by atoms with Gasteiger partial charge in [0.2, 0.25) is 0 Å². The number of rotatable bonds is 2. The largest absolute Gasteiger partial charge is 0.268 e. The van der Waals surface area contributed by atoms with Crippen molar-refractivity contribution in [1.82, 2.24) is 25.0 Å². The molecule has 4 aromatic rings. The summed E-state index contributed by atoms with van der Waals surface area (Å²) >= 11 is 0. The Morgan fingerprint density at radius 1 is 1.23 bits per heavy atom. The van der Waals surface area contributed by atoms with Crippen LogP contribution in [0.5, 0.6) is 0 Å². The number of aryl methyl sites for hydroxylation is 1. The number of nitrogens with one attached hydrogen (secondary N) is 1. The smallest absolute Gasteiger partial charge is 0.155 e. The average molecular weight is 345 g/mol. The molecule has 1 N–H and O–H groups in total. The van der Waals surface area contributed by atoms with E-state index < -0.39 is 0 Å². The van der Waals surface area contributed by atoms with E-state index in [1.165, 1.54) is 24.2 Å². The van der Waals surface area contributed by atoms with E-state index in [0.717, 1.165) is 51.6 Å². The number of aromatic amines is 1. The van der Waals surface area contributed by atoms with E-state index in [2.05, 4.69) is 25.9 Å². The van der Waals surface area contributed by atoms with Crippen molar-refractivity contribution in [1.29, 1.82) is 0 Å². The van der Waals surface area contributed by atoms with Gasteiger partial charge in [0.15, 0.2) is 5.65 Å². The van der Waals surface area contributed by atoms with Crippen molar-refractivity contribution in [3.63, 3.8) is 0 Å². The molecule has 26 heavy (non-hydrogen) atoms. The molecule has 1 aliphatic carbocycles. The number of nitrogens with zero attached hydrogens (tertiary/aromatic N) is 4. The summed E-state index contributed by atoms with van der Waals surface area (Å²) in [6.07, 6.45) is 3.06. The lowest BCUT2D eigenvalue weighted by Gasteiger charge is -2.08. The number of hydrogen-bond acceptors (Lipinski definition) is 3. The number of benzene rings is 1. The molecule has 0 radical (unpaired) electrons. The van der Waals surface area contributed by atoms with E-state index in [1.807, 2.05) is 25.3 Å². The van der Waals surface area contributed by atoms with Gasteiger partial charge in [-0.3, -0.25) is 9.78 Å². The number of H-pyrrole nitrogens is 1. The van der Waals surface area contributed by atoms with Crippen LogP contribution in [0.2, 0.25) is 0 Å². The highest BCUT2D eigenvalue weighted by Crippen LogP contribution is 2.57. The van der Waals surface area contributed by atoms with Crippen LogP contribution in [0.1, 0.15) is 23.7 Å². The first-order valence-electron chi connectivity index (χ1n) is 8.87. The Morgan fingerprint density at radius 2 is 2.08 bits per heavy atom. The van der Waals surface area contributed by atoms with Crippen molar-refractivity contribution < 1.29 is 4.39 Å². The molecule has 1 fully saturated rings. The summed E-state index contributed by atoms with van der Waals surface area (Å²) in [5.41, 5.74) is 7.14. The first-order valence-corrected chi connectivity index (χ1v) is 8.87. The lowest BCUT2D eigenvalue weighted by Crippen LogP contribution is -1.99. The summed E-state index contributed by atoms with van der Waals surface area (Å²) < 4.78 is 15.6. The summed E-state index contributed by atoms with van der Waals surface area (Å²) in [4.78, 5) is 4.55. The molecule has 2 atom stereocenters. The van der Waals surface area contributed by atoms with E-state index >= 15 is 0 Å². The summed E-state index contributed by atoms with van der Waals surface area (Å²) in [6, 6.07) is 8.71. The van der Waals surface area contributed by atoms with Crippen molar-refractivity contribution in [3.05, 3.63) is 53.7 Å². The third-order valence-electron chi connectivity index (χ3n) is 5.61. The molecule has 0 spiro atoms. The maximum Gasteiger partial charge on any atom is 0.155 e. The Labute approximate surface area is 148 Å². The Hall–Kier alpha value is -3.02. The second kappa shape index (κ2) is 4.78. The first kappa shape index (κ1) is 14.2. The van der Waals surface area contributed by atoms with E-state index in [9.17, 15) is 4.39 Å². The number of fused-ring (bicyclic) bond motifs is 4. The fraction of sp³-hybridized carbons (Fsp3) is 0.250. The van der Waals surface area contributed by atoms with Crippen LogP contribution < -0.4 is 0 Å². The predicted molar refractivity (Wildman–Crippen MR) is 96.1 cm³/mol. The molecule has 0 saturated heterocycles. The van der Waals surface area contributed by atoms with Crippen LogP contribution in [-0.4, -0.2) is 25.0 Å². The highest BCUT2D eigenvalue weighted by Gasteiger charge is 2.49. The zero-order chi connectivity index (χ0) is 17.4. The molecule has 0 amide bonds. The van der Waals surface area contributed by atoms with Gasteiger partial charge in [-0.05, 0) is 49.6 Å². The lowest BCUT2D eigenvalue weighted by molar-refractivity contribution is 0.598. The summed E-state index contributed by atoms with van der Waals surface area (Å²) in [5, 5.41) is 13.1. The van der Waals surface area contributed by atoms with Crippen molar-refractivity contribution >= 4 is 11.0 Å².